The fourth-order valence-electron chi connectivity index (χ4n) is 1.30. The molecule has 0 aliphatic carbocycles. The molecule has 0 fully saturated rings. The Morgan fingerprint density at radius 2 is 2.13 bits per heavy atom. The SMILES string of the molecule is OC(c1ncc[nH]1)c1ccc(F)cc1F. The van der Waals surface area contributed by atoms with Gasteiger partial charge in [0.1, 0.15) is 23.6 Å². The molecule has 1 aromatic heterocycles. The number of H-pyrrole nitrogens is 1. The van der Waals surface area contributed by atoms with Gasteiger partial charge in [-0.3, -0.25) is 0 Å². The minimum atomic E-state index is -1.21. The van der Waals surface area contributed by atoms with Crippen LogP contribution in [-0.4, -0.2) is 15.1 Å². The van der Waals surface area contributed by atoms with Crippen molar-refractivity contribution in [1.29, 1.82) is 0 Å². The Kier molecular flexibility index (Phi) is 2.47. The van der Waals surface area contributed by atoms with Crippen LogP contribution in [0.1, 0.15) is 17.5 Å². The highest BCUT2D eigenvalue weighted by atomic mass is 19.1. The summed E-state index contributed by atoms with van der Waals surface area (Å²) in [5.74, 6) is -1.25. The van der Waals surface area contributed by atoms with Crippen molar-refractivity contribution in [3.8, 4) is 0 Å². The molecule has 2 aromatic rings. The monoisotopic (exact) mass is 210 g/mol. The highest BCUT2D eigenvalue weighted by Crippen LogP contribution is 2.21. The van der Waals surface area contributed by atoms with Crippen molar-refractivity contribution in [2.75, 3.05) is 0 Å². The van der Waals surface area contributed by atoms with Gasteiger partial charge in [0.15, 0.2) is 0 Å². The number of aliphatic hydroxyl groups is 1. The second kappa shape index (κ2) is 3.78. The zero-order valence-electron chi connectivity index (χ0n) is 7.61. The number of halogens is 2. The highest BCUT2D eigenvalue weighted by molar-refractivity contribution is 5.25. The largest absolute Gasteiger partial charge is 0.380 e. The number of nitrogens with zero attached hydrogens (tertiary/aromatic N) is 1. The van der Waals surface area contributed by atoms with E-state index < -0.39 is 17.7 Å². The minimum Gasteiger partial charge on any atom is -0.380 e. The molecule has 0 aliphatic rings. The van der Waals surface area contributed by atoms with Crippen LogP contribution in [-0.2, 0) is 0 Å². The van der Waals surface area contributed by atoms with E-state index in [0.29, 0.717) is 0 Å². The van der Waals surface area contributed by atoms with Crippen LogP contribution < -0.4 is 0 Å². The Hall–Kier alpha value is -1.75. The molecule has 0 saturated heterocycles. The summed E-state index contributed by atoms with van der Waals surface area (Å²) < 4.78 is 25.9. The molecule has 3 nitrogen and oxygen atoms in total. The van der Waals surface area contributed by atoms with Crippen molar-refractivity contribution in [2.24, 2.45) is 0 Å². The van der Waals surface area contributed by atoms with E-state index in [4.69, 9.17) is 0 Å². The number of nitrogens with one attached hydrogen (secondary N) is 1. The molecular weight excluding hydrogens is 202 g/mol. The Bertz CT molecular complexity index is 456. The molecule has 0 spiro atoms. The molecule has 15 heavy (non-hydrogen) atoms. The van der Waals surface area contributed by atoms with Crippen molar-refractivity contribution in [2.45, 2.75) is 6.10 Å². The summed E-state index contributed by atoms with van der Waals surface area (Å²) in [5, 5.41) is 9.70. The van der Waals surface area contributed by atoms with E-state index in [-0.39, 0.29) is 11.4 Å². The van der Waals surface area contributed by atoms with Crippen LogP contribution in [0.5, 0.6) is 0 Å². The second-order valence-corrected chi connectivity index (χ2v) is 3.04. The first kappa shape index (κ1) is 9.79. The third-order valence-electron chi connectivity index (χ3n) is 2.04. The van der Waals surface area contributed by atoms with E-state index in [1.807, 2.05) is 0 Å². The first-order valence-electron chi connectivity index (χ1n) is 4.31. The molecule has 0 saturated carbocycles. The lowest BCUT2D eigenvalue weighted by Crippen LogP contribution is -2.04. The van der Waals surface area contributed by atoms with E-state index in [1.54, 1.807) is 0 Å². The van der Waals surface area contributed by atoms with Crippen LogP contribution in [0.15, 0.2) is 30.6 Å². The Morgan fingerprint density at radius 1 is 1.33 bits per heavy atom. The fourth-order valence-corrected chi connectivity index (χ4v) is 1.30. The predicted molar refractivity (Wildman–Crippen MR) is 49.0 cm³/mol. The number of aromatic amines is 1. The number of rotatable bonds is 2. The molecule has 2 rings (SSSR count). The maximum absolute atomic E-state index is 13.3. The van der Waals surface area contributed by atoms with Crippen LogP contribution >= 0.6 is 0 Å². The van der Waals surface area contributed by atoms with E-state index >= 15 is 0 Å². The third kappa shape index (κ3) is 1.87. The molecule has 1 aromatic carbocycles. The molecule has 1 atom stereocenters. The van der Waals surface area contributed by atoms with Gasteiger partial charge in [-0.15, -0.1) is 0 Å². The molecular formula is C10H8F2N2O. The second-order valence-electron chi connectivity index (χ2n) is 3.04. The third-order valence-corrected chi connectivity index (χ3v) is 2.04. The van der Waals surface area contributed by atoms with Gasteiger partial charge in [0, 0.05) is 24.0 Å². The number of imidazole rings is 1. The van der Waals surface area contributed by atoms with Crippen molar-refractivity contribution < 1.29 is 13.9 Å². The van der Waals surface area contributed by atoms with E-state index in [2.05, 4.69) is 9.97 Å². The Morgan fingerprint density at radius 3 is 2.73 bits per heavy atom. The maximum Gasteiger partial charge on any atom is 0.139 e. The summed E-state index contributed by atoms with van der Waals surface area (Å²) in [5.41, 5.74) is -0.00801. The zero-order chi connectivity index (χ0) is 10.8. The first-order chi connectivity index (χ1) is 7.18. The molecule has 1 unspecified atom stereocenters. The van der Waals surface area contributed by atoms with Crippen LogP contribution in [0, 0.1) is 11.6 Å². The molecule has 5 heteroatoms. The molecule has 0 aliphatic heterocycles. The summed E-state index contributed by atoms with van der Waals surface area (Å²) in [4.78, 5) is 6.45. The number of aromatic nitrogens is 2. The summed E-state index contributed by atoms with van der Waals surface area (Å²) in [6, 6.07) is 3.00. The van der Waals surface area contributed by atoms with Gasteiger partial charge in [-0.25, -0.2) is 13.8 Å². The number of benzene rings is 1. The van der Waals surface area contributed by atoms with Gasteiger partial charge in [-0.1, -0.05) is 6.07 Å². The van der Waals surface area contributed by atoms with Gasteiger partial charge in [-0.05, 0) is 6.07 Å². The Labute approximate surface area is 84.4 Å². The van der Waals surface area contributed by atoms with Crippen molar-refractivity contribution in [3.63, 3.8) is 0 Å². The van der Waals surface area contributed by atoms with E-state index in [0.717, 1.165) is 12.1 Å². The van der Waals surface area contributed by atoms with Crippen LogP contribution in [0.25, 0.3) is 0 Å². The number of hydrogen-bond acceptors (Lipinski definition) is 2. The molecule has 0 amide bonds. The lowest BCUT2D eigenvalue weighted by molar-refractivity contribution is 0.205. The van der Waals surface area contributed by atoms with Crippen LogP contribution in [0.3, 0.4) is 0 Å². The Balaban J connectivity index is 2.38. The van der Waals surface area contributed by atoms with Gasteiger partial charge in [-0.2, -0.15) is 0 Å². The van der Waals surface area contributed by atoms with Crippen LogP contribution in [0.2, 0.25) is 0 Å². The summed E-state index contributed by atoms with van der Waals surface area (Å²) >= 11 is 0. The van der Waals surface area contributed by atoms with E-state index in [9.17, 15) is 13.9 Å². The zero-order valence-corrected chi connectivity index (χ0v) is 7.61. The molecule has 2 N–H and O–H groups in total. The minimum absolute atomic E-state index is 0.00801. The standard InChI is InChI=1S/C10H8F2N2O/c11-6-1-2-7(8(12)5-6)9(15)10-13-3-4-14-10/h1-5,9,15H,(H,13,14). The quantitative estimate of drug-likeness (QED) is 0.793. The average Bonchev–Trinajstić information content (AvgIpc) is 2.69. The van der Waals surface area contributed by atoms with Gasteiger partial charge in [0.25, 0.3) is 0 Å². The molecule has 78 valence electrons. The van der Waals surface area contributed by atoms with Crippen molar-refractivity contribution in [1.82, 2.24) is 9.97 Å². The predicted octanol–water partition coefficient (Wildman–Crippen LogP) is 1.77. The number of aliphatic hydroxyl groups excluding tert-OH is 1. The average molecular weight is 210 g/mol. The van der Waals surface area contributed by atoms with Crippen molar-refractivity contribution >= 4 is 0 Å². The first-order valence-corrected chi connectivity index (χ1v) is 4.31. The van der Waals surface area contributed by atoms with Gasteiger partial charge in [0.2, 0.25) is 0 Å². The molecule has 0 radical (unpaired) electrons. The van der Waals surface area contributed by atoms with Gasteiger partial charge >= 0.3 is 0 Å². The fraction of sp³-hybridized carbons (Fsp3) is 0.100. The summed E-state index contributed by atoms with van der Waals surface area (Å²) in [6.45, 7) is 0. The van der Waals surface area contributed by atoms with E-state index in [1.165, 1.54) is 18.5 Å². The smallest absolute Gasteiger partial charge is 0.139 e. The lowest BCUT2D eigenvalue weighted by Gasteiger charge is -2.08. The molecule has 1 heterocycles. The topological polar surface area (TPSA) is 48.9 Å². The van der Waals surface area contributed by atoms with Crippen LogP contribution in [0.4, 0.5) is 8.78 Å². The van der Waals surface area contributed by atoms with Gasteiger partial charge < -0.3 is 10.1 Å². The van der Waals surface area contributed by atoms with Gasteiger partial charge in [0.05, 0.1) is 0 Å². The van der Waals surface area contributed by atoms with Crippen molar-refractivity contribution in [3.05, 3.63) is 53.6 Å². The lowest BCUT2D eigenvalue weighted by atomic mass is 10.1. The normalized spacial score (nSPS) is 12.7. The highest BCUT2D eigenvalue weighted by Gasteiger charge is 2.17. The summed E-state index contributed by atoms with van der Waals surface area (Å²) in [7, 11) is 0. The maximum atomic E-state index is 13.3. The summed E-state index contributed by atoms with van der Waals surface area (Å²) in [6.07, 6.45) is 1.75. The number of hydrogen-bond donors (Lipinski definition) is 2. The molecule has 0 bridgehead atoms.